The van der Waals surface area contributed by atoms with Gasteiger partial charge in [0.05, 0.1) is 6.42 Å². The van der Waals surface area contributed by atoms with Crippen LogP contribution in [0.5, 0.6) is 0 Å². The van der Waals surface area contributed by atoms with E-state index in [2.05, 4.69) is 0 Å². The van der Waals surface area contributed by atoms with Crippen LogP contribution in [-0.2, 0) is 4.79 Å². The summed E-state index contributed by atoms with van der Waals surface area (Å²) in [5.41, 5.74) is 1.58. The zero-order valence-corrected chi connectivity index (χ0v) is 7.83. The molecule has 2 heteroatoms. The number of ketones is 2. The Labute approximate surface area is 77.6 Å². The second-order valence-corrected chi connectivity index (χ2v) is 3.12. The van der Waals surface area contributed by atoms with Gasteiger partial charge in [-0.25, -0.2) is 0 Å². The van der Waals surface area contributed by atoms with Gasteiger partial charge in [0.2, 0.25) is 0 Å². The third-order valence-corrected chi connectivity index (χ3v) is 1.85. The molecule has 0 radical (unpaired) electrons. The number of carbonyl (C=O) groups is 2. The lowest BCUT2D eigenvalue weighted by Gasteiger charge is -2.01. The van der Waals surface area contributed by atoms with E-state index in [-0.39, 0.29) is 18.0 Å². The van der Waals surface area contributed by atoms with E-state index in [1.807, 2.05) is 19.1 Å². The Morgan fingerprint density at radius 1 is 1.23 bits per heavy atom. The molecular weight excluding hydrogens is 164 g/mol. The molecule has 68 valence electrons. The lowest BCUT2D eigenvalue weighted by atomic mass is 10.0. The maximum Gasteiger partial charge on any atom is 0.170 e. The van der Waals surface area contributed by atoms with Crippen LogP contribution in [0.25, 0.3) is 0 Å². The Morgan fingerprint density at radius 2 is 1.85 bits per heavy atom. The Hall–Kier alpha value is -1.44. The molecule has 0 saturated carbocycles. The van der Waals surface area contributed by atoms with Gasteiger partial charge in [0.15, 0.2) is 5.78 Å². The van der Waals surface area contributed by atoms with Gasteiger partial charge in [0.1, 0.15) is 5.78 Å². The molecule has 0 aliphatic rings. The first-order valence-corrected chi connectivity index (χ1v) is 4.19. The molecule has 1 aromatic rings. The molecule has 0 heterocycles. The first-order valence-electron chi connectivity index (χ1n) is 4.19. The molecular formula is C11H12O2. The zero-order valence-electron chi connectivity index (χ0n) is 7.83. The number of hydrogen-bond donors (Lipinski definition) is 0. The number of hydrogen-bond acceptors (Lipinski definition) is 2. The average molecular weight is 176 g/mol. The van der Waals surface area contributed by atoms with Crippen LogP contribution in [0.1, 0.15) is 29.3 Å². The number of carbonyl (C=O) groups excluding carboxylic acids is 2. The van der Waals surface area contributed by atoms with E-state index in [1.165, 1.54) is 6.92 Å². The lowest BCUT2D eigenvalue weighted by Crippen LogP contribution is -2.06. The van der Waals surface area contributed by atoms with E-state index in [0.717, 1.165) is 5.56 Å². The quantitative estimate of drug-likeness (QED) is 0.522. The zero-order chi connectivity index (χ0) is 9.84. The highest BCUT2D eigenvalue weighted by Gasteiger charge is 2.09. The van der Waals surface area contributed by atoms with Crippen LogP contribution < -0.4 is 0 Å². The molecule has 0 amide bonds. The van der Waals surface area contributed by atoms with Crippen molar-refractivity contribution in [3.63, 3.8) is 0 Å². The average Bonchev–Trinajstić information content (AvgIpc) is 2.03. The molecule has 2 nitrogen and oxygen atoms in total. The van der Waals surface area contributed by atoms with Gasteiger partial charge in [-0.05, 0) is 19.4 Å². The van der Waals surface area contributed by atoms with Crippen LogP contribution >= 0.6 is 0 Å². The third kappa shape index (κ3) is 2.51. The summed E-state index contributed by atoms with van der Waals surface area (Å²) in [6.07, 6.45) is 0.00481. The molecule has 0 aliphatic carbocycles. The molecule has 0 aliphatic heterocycles. The van der Waals surface area contributed by atoms with Crippen molar-refractivity contribution >= 4 is 11.6 Å². The number of Topliss-reactive ketones (excluding diaryl/α,β-unsaturated/α-hetero) is 2. The molecule has 0 N–H and O–H groups in total. The molecule has 13 heavy (non-hydrogen) atoms. The summed E-state index contributed by atoms with van der Waals surface area (Å²) in [6, 6.07) is 7.30. The smallest absolute Gasteiger partial charge is 0.170 e. The van der Waals surface area contributed by atoms with Gasteiger partial charge in [-0.1, -0.05) is 24.3 Å². The highest BCUT2D eigenvalue weighted by molar-refractivity contribution is 6.08. The summed E-state index contributed by atoms with van der Waals surface area (Å²) < 4.78 is 0. The summed E-state index contributed by atoms with van der Waals surface area (Å²) in [7, 11) is 0. The van der Waals surface area contributed by atoms with Crippen LogP contribution in [0.15, 0.2) is 24.3 Å². The van der Waals surface area contributed by atoms with Crippen molar-refractivity contribution in [3.8, 4) is 0 Å². The fourth-order valence-electron chi connectivity index (χ4n) is 1.21. The molecule has 0 atom stereocenters. The fraction of sp³-hybridized carbons (Fsp3) is 0.273. The summed E-state index contributed by atoms with van der Waals surface area (Å²) in [5, 5.41) is 0. The van der Waals surface area contributed by atoms with Crippen LogP contribution in [0.4, 0.5) is 0 Å². The number of benzene rings is 1. The Balaban J connectivity index is 2.89. The summed E-state index contributed by atoms with van der Waals surface area (Å²) in [5.74, 6) is -0.182. The van der Waals surface area contributed by atoms with Gasteiger partial charge in [0, 0.05) is 5.56 Å². The lowest BCUT2D eigenvalue weighted by molar-refractivity contribution is -0.116. The molecule has 0 fully saturated rings. The van der Waals surface area contributed by atoms with Crippen molar-refractivity contribution in [1.29, 1.82) is 0 Å². The second-order valence-electron chi connectivity index (χ2n) is 3.12. The minimum Gasteiger partial charge on any atom is -0.300 e. The van der Waals surface area contributed by atoms with E-state index in [1.54, 1.807) is 12.1 Å². The first-order chi connectivity index (χ1) is 6.11. The van der Waals surface area contributed by atoms with Crippen molar-refractivity contribution < 1.29 is 9.59 Å². The van der Waals surface area contributed by atoms with Crippen LogP contribution in [0.2, 0.25) is 0 Å². The van der Waals surface area contributed by atoms with Gasteiger partial charge >= 0.3 is 0 Å². The topological polar surface area (TPSA) is 34.1 Å². The van der Waals surface area contributed by atoms with Crippen LogP contribution in [0.3, 0.4) is 0 Å². The monoisotopic (exact) mass is 176 g/mol. The van der Waals surface area contributed by atoms with E-state index < -0.39 is 0 Å². The summed E-state index contributed by atoms with van der Waals surface area (Å²) >= 11 is 0. The molecule has 0 aromatic heterocycles. The highest BCUT2D eigenvalue weighted by atomic mass is 16.1. The maximum atomic E-state index is 11.5. The van der Waals surface area contributed by atoms with E-state index in [4.69, 9.17) is 0 Å². The number of aryl methyl sites for hydroxylation is 1. The van der Waals surface area contributed by atoms with Crippen molar-refractivity contribution in [3.05, 3.63) is 35.4 Å². The van der Waals surface area contributed by atoms with Gasteiger partial charge in [0.25, 0.3) is 0 Å². The molecule has 0 saturated heterocycles. The molecule has 1 aromatic carbocycles. The van der Waals surface area contributed by atoms with E-state index in [0.29, 0.717) is 5.56 Å². The van der Waals surface area contributed by atoms with Gasteiger partial charge < -0.3 is 0 Å². The van der Waals surface area contributed by atoms with Gasteiger partial charge in [-0.3, -0.25) is 9.59 Å². The Bertz CT molecular complexity index is 340. The summed E-state index contributed by atoms with van der Waals surface area (Å²) in [4.78, 5) is 22.2. The third-order valence-electron chi connectivity index (χ3n) is 1.85. The minimum absolute atomic E-state index is 0.00481. The fourth-order valence-corrected chi connectivity index (χ4v) is 1.21. The largest absolute Gasteiger partial charge is 0.300 e. The maximum absolute atomic E-state index is 11.5. The standard InChI is InChI=1S/C11H12O2/c1-8-5-3-4-6-10(8)11(13)7-9(2)12/h3-6H,7H2,1-2H3. The van der Waals surface area contributed by atoms with E-state index >= 15 is 0 Å². The van der Waals surface area contributed by atoms with Crippen molar-refractivity contribution in [2.45, 2.75) is 20.3 Å². The number of rotatable bonds is 3. The summed E-state index contributed by atoms with van der Waals surface area (Å²) in [6.45, 7) is 3.30. The first kappa shape index (κ1) is 9.65. The predicted octanol–water partition coefficient (Wildman–Crippen LogP) is 2.16. The molecule has 0 unspecified atom stereocenters. The van der Waals surface area contributed by atoms with Crippen molar-refractivity contribution in [1.82, 2.24) is 0 Å². The molecule has 1 rings (SSSR count). The van der Waals surface area contributed by atoms with Crippen LogP contribution in [0, 0.1) is 6.92 Å². The SMILES string of the molecule is CC(=O)CC(=O)c1ccccc1C. The normalized spacial score (nSPS) is 9.69. The van der Waals surface area contributed by atoms with Crippen molar-refractivity contribution in [2.75, 3.05) is 0 Å². The molecule has 0 bridgehead atoms. The Kier molecular flexibility index (Phi) is 2.96. The predicted molar refractivity (Wildman–Crippen MR) is 50.8 cm³/mol. The van der Waals surface area contributed by atoms with Gasteiger partial charge in [-0.2, -0.15) is 0 Å². The Morgan fingerprint density at radius 3 is 2.38 bits per heavy atom. The van der Waals surface area contributed by atoms with Crippen LogP contribution in [-0.4, -0.2) is 11.6 Å². The molecule has 0 spiro atoms. The second kappa shape index (κ2) is 3.99. The minimum atomic E-state index is -0.0920. The van der Waals surface area contributed by atoms with Crippen molar-refractivity contribution in [2.24, 2.45) is 0 Å². The van der Waals surface area contributed by atoms with Gasteiger partial charge in [-0.15, -0.1) is 0 Å². The van der Waals surface area contributed by atoms with E-state index in [9.17, 15) is 9.59 Å². The highest BCUT2D eigenvalue weighted by Crippen LogP contribution is 2.09.